The zero-order chi connectivity index (χ0) is 14.7. The van der Waals surface area contributed by atoms with Crippen LogP contribution in [0, 0.1) is 11.3 Å². The quantitative estimate of drug-likeness (QED) is 0.944. The maximum Gasteiger partial charge on any atom is 0.133 e. The van der Waals surface area contributed by atoms with Crippen LogP contribution in [0.2, 0.25) is 0 Å². The Bertz CT molecular complexity index is 667. The lowest BCUT2D eigenvalue weighted by molar-refractivity contribution is 0.771. The Labute approximate surface area is 129 Å². The number of aromatic nitrogens is 2. The van der Waals surface area contributed by atoms with E-state index in [0.29, 0.717) is 5.56 Å². The maximum absolute atomic E-state index is 8.91. The average molecular weight is 298 g/mol. The van der Waals surface area contributed by atoms with Gasteiger partial charge in [0.05, 0.1) is 23.0 Å². The zero-order valence-corrected chi connectivity index (χ0v) is 12.9. The first-order valence-electron chi connectivity index (χ1n) is 7.17. The number of fused-ring (bicyclic) bond motifs is 1. The summed E-state index contributed by atoms with van der Waals surface area (Å²) in [5.74, 6) is 2.06. The molecule has 0 fully saturated rings. The molecule has 0 amide bonds. The van der Waals surface area contributed by atoms with Crippen molar-refractivity contribution in [2.75, 3.05) is 18.1 Å². The monoisotopic (exact) mass is 298 g/mol. The van der Waals surface area contributed by atoms with Gasteiger partial charge in [0, 0.05) is 17.9 Å². The number of nitrogens with zero attached hydrogens (tertiary/aromatic N) is 3. The number of rotatable bonds is 3. The fourth-order valence-electron chi connectivity index (χ4n) is 2.69. The third-order valence-corrected chi connectivity index (χ3v) is 4.30. The van der Waals surface area contributed by atoms with E-state index in [4.69, 9.17) is 10.4 Å². The minimum atomic E-state index is 0.675. The van der Waals surface area contributed by atoms with E-state index in [2.05, 4.69) is 17.6 Å². The van der Waals surface area contributed by atoms with E-state index in [1.54, 1.807) is 11.8 Å². The van der Waals surface area contributed by atoms with Gasteiger partial charge >= 0.3 is 0 Å². The van der Waals surface area contributed by atoms with Crippen LogP contribution in [0.1, 0.15) is 29.7 Å². The van der Waals surface area contributed by atoms with E-state index in [9.17, 15) is 0 Å². The van der Waals surface area contributed by atoms with Gasteiger partial charge in [-0.1, -0.05) is 0 Å². The van der Waals surface area contributed by atoms with Gasteiger partial charge in [-0.25, -0.2) is 4.68 Å². The summed E-state index contributed by atoms with van der Waals surface area (Å²) in [4.78, 5) is 0. The smallest absolute Gasteiger partial charge is 0.133 e. The van der Waals surface area contributed by atoms with E-state index in [-0.39, 0.29) is 0 Å². The summed E-state index contributed by atoms with van der Waals surface area (Å²) in [6.45, 7) is 0.994. The summed E-state index contributed by atoms with van der Waals surface area (Å²) in [5.41, 5.74) is 4.21. The molecule has 0 saturated heterocycles. The van der Waals surface area contributed by atoms with Crippen molar-refractivity contribution in [2.24, 2.45) is 0 Å². The molecule has 1 N–H and O–H groups in total. The maximum atomic E-state index is 8.91. The van der Waals surface area contributed by atoms with E-state index < -0.39 is 0 Å². The van der Waals surface area contributed by atoms with Gasteiger partial charge in [-0.3, -0.25) is 0 Å². The van der Waals surface area contributed by atoms with Crippen molar-refractivity contribution in [3.8, 4) is 11.8 Å². The second-order valence-electron chi connectivity index (χ2n) is 5.16. The number of hydrogen-bond donors (Lipinski definition) is 1. The number of benzene rings is 1. The molecular weight excluding hydrogens is 280 g/mol. The Morgan fingerprint density at radius 3 is 2.86 bits per heavy atom. The van der Waals surface area contributed by atoms with Crippen LogP contribution in [-0.4, -0.2) is 22.6 Å². The Balaban J connectivity index is 2.06. The molecule has 21 heavy (non-hydrogen) atoms. The summed E-state index contributed by atoms with van der Waals surface area (Å²) in [5, 5.41) is 17.2. The summed E-state index contributed by atoms with van der Waals surface area (Å²) in [7, 11) is 0. The highest BCUT2D eigenvalue weighted by molar-refractivity contribution is 7.97. The zero-order valence-electron chi connectivity index (χ0n) is 12.1. The topological polar surface area (TPSA) is 53.6 Å². The van der Waals surface area contributed by atoms with Crippen molar-refractivity contribution in [3.63, 3.8) is 0 Å². The second-order valence-corrected chi connectivity index (χ2v) is 6.03. The van der Waals surface area contributed by atoms with Gasteiger partial charge in [0.2, 0.25) is 0 Å². The predicted molar refractivity (Wildman–Crippen MR) is 86.9 cm³/mol. The number of hydrogen-bond acceptors (Lipinski definition) is 4. The third-order valence-electron chi connectivity index (χ3n) is 3.73. The molecule has 0 unspecified atom stereocenters. The number of nitriles is 1. The lowest BCUT2D eigenvalue weighted by atomic mass is 10.1. The van der Waals surface area contributed by atoms with Crippen LogP contribution in [0.5, 0.6) is 0 Å². The Kier molecular flexibility index (Phi) is 4.16. The number of nitrogens with one attached hydrogen (secondary N) is 1. The van der Waals surface area contributed by atoms with E-state index in [1.807, 2.05) is 28.9 Å². The molecule has 4 nitrogen and oxygen atoms in total. The first-order valence-corrected chi connectivity index (χ1v) is 8.57. The Morgan fingerprint density at radius 1 is 1.33 bits per heavy atom. The van der Waals surface area contributed by atoms with Crippen molar-refractivity contribution in [1.29, 1.82) is 5.26 Å². The summed E-state index contributed by atoms with van der Waals surface area (Å²) >= 11 is 1.80. The van der Waals surface area contributed by atoms with Crippen LogP contribution in [0.15, 0.2) is 24.3 Å². The lowest BCUT2D eigenvalue weighted by Crippen LogP contribution is -2.07. The molecule has 0 saturated carbocycles. The van der Waals surface area contributed by atoms with Crippen LogP contribution >= 0.6 is 11.8 Å². The van der Waals surface area contributed by atoms with Crippen LogP contribution in [0.4, 0.5) is 5.82 Å². The summed E-state index contributed by atoms with van der Waals surface area (Å²) in [6.07, 6.45) is 5.60. The van der Waals surface area contributed by atoms with Gasteiger partial charge in [-0.05, 0) is 49.8 Å². The van der Waals surface area contributed by atoms with Crippen LogP contribution in [0.3, 0.4) is 0 Å². The first-order chi connectivity index (χ1) is 10.3. The van der Waals surface area contributed by atoms with Crippen molar-refractivity contribution in [1.82, 2.24) is 9.78 Å². The molecular formula is C16H18N4S. The highest BCUT2D eigenvalue weighted by Crippen LogP contribution is 2.29. The van der Waals surface area contributed by atoms with Gasteiger partial charge in [0.25, 0.3) is 0 Å². The van der Waals surface area contributed by atoms with Crippen LogP contribution < -0.4 is 5.32 Å². The number of anilines is 1. The average Bonchev–Trinajstić information content (AvgIpc) is 2.71. The molecule has 0 aliphatic carbocycles. The summed E-state index contributed by atoms with van der Waals surface area (Å²) < 4.78 is 1.99. The summed E-state index contributed by atoms with van der Waals surface area (Å²) in [6, 6.07) is 9.76. The Hall–Kier alpha value is -1.93. The first kappa shape index (κ1) is 14.0. The third kappa shape index (κ3) is 2.77. The molecule has 1 aromatic heterocycles. The van der Waals surface area contributed by atoms with Gasteiger partial charge in [-0.2, -0.15) is 22.1 Å². The van der Waals surface area contributed by atoms with E-state index in [1.165, 1.54) is 24.1 Å². The minimum absolute atomic E-state index is 0.675. The van der Waals surface area contributed by atoms with Crippen LogP contribution in [-0.2, 0) is 12.2 Å². The van der Waals surface area contributed by atoms with Crippen molar-refractivity contribution in [2.45, 2.75) is 25.0 Å². The molecule has 1 aliphatic heterocycles. The SMILES string of the molecule is CSCc1nn(-c2ccc(C#N)cc2)c2c1CCCCN2. The molecule has 108 valence electrons. The largest absolute Gasteiger partial charge is 0.370 e. The minimum Gasteiger partial charge on any atom is -0.370 e. The highest BCUT2D eigenvalue weighted by atomic mass is 32.2. The fraction of sp³-hybridized carbons (Fsp3) is 0.375. The van der Waals surface area contributed by atoms with Gasteiger partial charge in [0.1, 0.15) is 5.82 Å². The molecule has 2 heterocycles. The molecule has 3 rings (SSSR count). The highest BCUT2D eigenvalue weighted by Gasteiger charge is 2.20. The van der Waals surface area contributed by atoms with Crippen molar-refractivity contribution < 1.29 is 0 Å². The molecule has 5 heteroatoms. The van der Waals surface area contributed by atoms with E-state index in [0.717, 1.165) is 30.2 Å². The van der Waals surface area contributed by atoms with Gasteiger partial charge < -0.3 is 5.32 Å². The van der Waals surface area contributed by atoms with E-state index >= 15 is 0 Å². The van der Waals surface area contributed by atoms with Gasteiger partial charge in [0.15, 0.2) is 0 Å². The van der Waals surface area contributed by atoms with Crippen LogP contribution in [0.25, 0.3) is 5.69 Å². The predicted octanol–water partition coefficient (Wildman–Crippen LogP) is 3.36. The normalized spacial score (nSPS) is 13.9. The number of thioether (sulfide) groups is 1. The lowest BCUT2D eigenvalue weighted by Gasteiger charge is -2.09. The molecule has 0 radical (unpaired) electrons. The second kappa shape index (κ2) is 6.23. The molecule has 0 spiro atoms. The standard InChI is InChI=1S/C16H18N4S/c1-21-11-15-14-4-2-3-9-18-16(14)20(19-15)13-7-5-12(10-17)6-8-13/h5-8,18H,2-4,9,11H2,1H3. The molecule has 0 atom stereocenters. The fourth-order valence-corrected chi connectivity index (χ4v) is 3.20. The molecule has 0 bridgehead atoms. The van der Waals surface area contributed by atoms with Crippen molar-refractivity contribution in [3.05, 3.63) is 41.1 Å². The molecule has 1 aliphatic rings. The van der Waals surface area contributed by atoms with Crippen molar-refractivity contribution >= 4 is 17.6 Å². The van der Waals surface area contributed by atoms with Gasteiger partial charge in [-0.15, -0.1) is 0 Å². The Morgan fingerprint density at radius 2 is 2.14 bits per heavy atom. The molecule has 1 aromatic carbocycles. The molecule has 2 aromatic rings.